The van der Waals surface area contributed by atoms with Gasteiger partial charge in [-0.25, -0.2) is 4.98 Å². The van der Waals surface area contributed by atoms with E-state index in [1.165, 1.54) is 35.4 Å². The third-order valence-electron chi connectivity index (χ3n) is 6.10. The predicted molar refractivity (Wildman–Crippen MR) is 138 cm³/mol. The van der Waals surface area contributed by atoms with Gasteiger partial charge in [-0.1, -0.05) is 67.8 Å². The molecule has 1 aromatic heterocycles. The lowest BCUT2D eigenvalue weighted by Gasteiger charge is -2.12. The van der Waals surface area contributed by atoms with E-state index in [4.69, 9.17) is 14.5 Å². The van der Waals surface area contributed by atoms with E-state index in [2.05, 4.69) is 53.5 Å². The Bertz CT molecular complexity index is 1310. The number of nitrogens with one attached hydrogen (secondary N) is 1. The smallest absolute Gasteiger partial charge is 0.138 e. The Morgan fingerprint density at radius 2 is 1.47 bits per heavy atom. The van der Waals surface area contributed by atoms with Crippen LogP contribution in [-0.4, -0.2) is 41.5 Å². The number of aromatic amines is 1. The molecule has 0 spiro atoms. The van der Waals surface area contributed by atoms with Crippen LogP contribution in [0.4, 0.5) is 0 Å². The number of rotatable bonds is 7. The summed E-state index contributed by atoms with van der Waals surface area (Å²) in [5.41, 5.74) is 3.04. The first-order valence-corrected chi connectivity index (χ1v) is 11.9. The predicted octanol–water partition coefficient (Wildman–Crippen LogP) is 6.48. The molecule has 1 heterocycles. The summed E-state index contributed by atoms with van der Waals surface area (Å²) in [5.74, 6) is 1.62. The molecule has 34 heavy (non-hydrogen) atoms. The number of ether oxygens (including phenoxy) is 2. The minimum absolute atomic E-state index is 0.00574. The summed E-state index contributed by atoms with van der Waals surface area (Å²) >= 11 is 0. The van der Waals surface area contributed by atoms with Crippen LogP contribution in [0, 0.1) is 0 Å². The van der Waals surface area contributed by atoms with Crippen LogP contribution in [0.5, 0.6) is 5.75 Å². The number of aromatic nitrogens is 2. The number of fused-ring (bicyclic) bond motifs is 6. The maximum atomic E-state index is 9.19. The Hall–Kier alpha value is -3.41. The third-order valence-corrected chi connectivity index (χ3v) is 6.10. The van der Waals surface area contributed by atoms with Gasteiger partial charge < -0.3 is 19.6 Å². The van der Waals surface area contributed by atoms with Gasteiger partial charge in [-0.15, -0.1) is 0 Å². The second-order valence-corrected chi connectivity index (χ2v) is 8.66. The van der Waals surface area contributed by atoms with E-state index in [0.717, 1.165) is 33.6 Å². The van der Waals surface area contributed by atoms with Gasteiger partial charge in [0.1, 0.15) is 11.6 Å². The van der Waals surface area contributed by atoms with Gasteiger partial charge in [0.15, 0.2) is 0 Å². The molecule has 1 saturated carbocycles. The van der Waals surface area contributed by atoms with Crippen LogP contribution in [0.3, 0.4) is 0 Å². The molecule has 174 valence electrons. The number of benzene rings is 4. The van der Waals surface area contributed by atoms with Crippen molar-refractivity contribution in [3.63, 3.8) is 0 Å². The van der Waals surface area contributed by atoms with Crippen LogP contribution >= 0.6 is 0 Å². The summed E-state index contributed by atoms with van der Waals surface area (Å²) < 4.78 is 10.9. The molecule has 0 radical (unpaired) electrons. The van der Waals surface area contributed by atoms with Crippen LogP contribution in [0.15, 0.2) is 72.8 Å². The van der Waals surface area contributed by atoms with Crippen molar-refractivity contribution in [2.75, 3.05) is 20.3 Å². The molecule has 4 aromatic carbocycles. The van der Waals surface area contributed by atoms with E-state index in [-0.39, 0.29) is 12.7 Å². The molecule has 1 aliphatic carbocycles. The molecule has 0 saturated heterocycles. The quantitative estimate of drug-likeness (QED) is 0.276. The van der Waals surface area contributed by atoms with Gasteiger partial charge in [-0.05, 0) is 35.0 Å². The molecule has 6 rings (SSSR count). The molecule has 0 amide bonds. The van der Waals surface area contributed by atoms with E-state index in [9.17, 15) is 5.11 Å². The number of aliphatic hydroxyl groups is 1. The molecule has 0 bridgehead atoms. The number of methoxy groups -OCH3 is 1. The topological polar surface area (TPSA) is 67.4 Å². The largest absolute Gasteiger partial charge is 0.493 e. The second-order valence-electron chi connectivity index (χ2n) is 8.66. The van der Waals surface area contributed by atoms with Crippen LogP contribution in [-0.2, 0) is 4.74 Å². The molecule has 5 aromatic rings. The molecule has 2 N–H and O–H groups in total. The molecule has 1 fully saturated rings. The zero-order chi connectivity index (χ0) is 23.3. The van der Waals surface area contributed by atoms with Gasteiger partial charge >= 0.3 is 0 Å². The van der Waals surface area contributed by atoms with Crippen molar-refractivity contribution >= 4 is 32.6 Å². The van der Waals surface area contributed by atoms with E-state index in [1.807, 2.05) is 24.3 Å². The summed E-state index contributed by atoms with van der Waals surface area (Å²) in [6.07, 6.45) is 4.94. The number of aliphatic hydroxyl groups excluding tert-OH is 1. The second kappa shape index (κ2) is 10.2. The number of H-pyrrole nitrogens is 1. The van der Waals surface area contributed by atoms with Crippen LogP contribution in [0.25, 0.3) is 44.0 Å². The molecular weight excluding hydrogens is 424 g/mol. The first kappa shape index (κ1) is 22.4. The maximum absolute atomic E-state index is 9.19. The fraction of sp³-hybridized carbons (Fsp3) is 0.276. The minimum atomic E-state index is -0.195. The van der Waals surface area contributed by atoms with Gasteiger partial charge in [0.05, 0.1) is 30.4 Å². The normalized spacial score (nSPS) is 13.6. The molecular formula is C29H30N2O3. The van der Waals surface area contributed by atoms with Crippen LogP contribution < -0.4 is 4.74 Å². The van der Waals surface area contributed by atoms with Crippen molar-refractivity contribution in [1.29, 1.82) is 0 Å². The first-order valence-electron chi connectivity index (χ1n) is 11.9. The van der Waals surface area contributed by atoms with Gasteiger partial charge in [-0.3, -0.25) is 0 Å². The van der Waals surface area contributed by atoms with E-state index in [1.54, 1.807) is 7.11 Å². The Morgan fingerprint density at radius 1 is 0.853 bits per heavy atom. The summed E-state index contributed by atoms with van der Waals surface area (Å²) in [5, 5.41) is 13.9. The van der Waals surface area contributed by atoms with Crippen molar-refractivity contribution in [2.45, 2.75) is 31.8 Å². The standard InChI is InChI=1S/C26H24N2O3.C3H6/c1-30-19(16-29)14-15-31-18-12-10-17(11-13-18)26-27-24-22-8-4-2-6-20(22)21-7-3-5-9-23(21)25(24)28-26;1-2-3-1/h2-13,19,29H,14-16H2,1H3,(H,27,28);1-3H2. The van der Waals surface area contributed by atoms with E-state index in [0.29, 0.717) is 13.0 Å². The molecule has 1 atom stereocenters. The lowest BCUT2D eigenvalue weighted by atomic mass is 10.0. The SMILES string of the molecule is C1CC1.COC(CO)CCOc1ccc(-c2nc3c4ccccc4c4ccccc4c3[nH]2)cc1. The van der Waals surface area contributed by atoms with Crippen molar-refractivity contribution < 1.29 is 14.6 Å². The van der Waals surface area contributed by atoms with E-state index >= 15 is 0 Å². The van der Waals surface area contributed by atoms with Gasteiger partial charge in [0.2, 0.25) is 0 Å². The molecule has 0 aliphatic heterocycles. The number of nitrogens with zero attached hydrogens (tertiary/aromatic N) is 1. The lowest BCUT2D eigenvalue weighted by molar-refractivity contribution is 0.0340. The van der Waals surface area contributed by atoms with Gasteiger partial charge in [0.25, 0.3) is 0 Å². The summed E-state index contributed by atoms with van der Waals surface area (Å²) in [6.45, 7) is 0.481. The fourth-order valence-corrected chi connectivity index (χ4v) is 4.06. The van der Waals surface area contributed by atoms with Crippen molar-refractivity contribution in [2.24, 2.45) is 0 Å². The number of hydrogen-bond acceptors (Lipinski definition) is 4. The molecule has 1 unspecified atom stereocenters. The Morgan fingerprint density at radius 3 is 2.09 bits per heavy atom. The summed E-state index contributed by atoms with van der Waals surface area (Å²) in [4.78, 5) is 8.50. The highest BCUT2D eigenvalue weighted by molar-refractivity contribution is 6.23. The average molecular weight is 455 g/mol. The number of hydrogen-bond donors (Lipinski definition) is 2. The fourth-order valence-electron chi connectivity index (χ4n) is 4.06. The Labute approximate surface area is 199 Å². The van der Waals surface area contributed by atoms with Crippen LogP contribution in [0.1, 0.15) is 25.7 Å². The average Bonchev–Trinajstić information content (AvgIpc) is 3.72. The van der Waals surface area contributed by atoms with Crippen molar-refractivity contribution in [1.82, 2.24) is 9.97 Å². The molecule has 5 heteroatoms. The molecule has 1 aliphatic rings. The monoisotopic (exact) mass is 454 g/mol. The van der Waals surface area contributed by atoms with Crippen LogP contribution in [0.2, 0.25) is 0 Å². The highest BCUT2D eigenvalue weighted by Gasteiger charge is 2.13. The van der Waals surface area contributed by atoms with Crippen molar-refractivity contribution in [3.8, 4) is 17.1 Å². The highest BCUT2D eigenvalue weighted by atomic mass is 16.5. The zero-order valence-electron chi connectivity index (χ0n) is 19.5. The van der Waals surface area contributed by atoms with Gasteiger partial charge in [-0.2, -0.15) is 0 Å². The Balaban J connectivity index is 0.000000745. The maximum Gasteiger partial charge on any atom is 0.138 e. The van der Waals surface area contributed by atoms with E-state index < -0.39 is 0 Å². The zero-order valence-corrected chi connectivity index (χ0v) is 19.5. The van der Waals surface area contributed by atoms with Gasteiger partial charge in [0, 0.05) is 29.9 Å². The number of imidazole rings is 1. The first-order chi connectivity index (χ1) is 16.8. The third kappa shape index (κ3) is 4.76. The summed E-state index contributed by atoms with van der Waals surface area (Å²) in [6, 6.07) is 24.8. The lowest BCUT2D eigenvalue weighted by Crippen LogP contribution is -2.18. The highest BCUT2D eigenvalue weighted by Crippen LogP contribution is 2.35. The Kier molecular flexibility index (Phi) is 6.74. The molecule has 5 nitrogen and oxygen atoms in total. The van der Waals surface area contributed by atoms with Crippen molar-refractivity contribution in [3.05, 3.63) is 72.8 Å². The summed E-state index contributed by atoms with van der Waals surface area (Å²) in [7, 11) is 1.59. The minimum Gasteiger partial charge on any atom is -0.493 e.